The Kier molecular flexibility index (Phi) is 29.7. The Bertz CT molecular complexity index is 3220. The Balaban J connectivity index is 0.000000120. The minimum atomic E-state index is -2.49. The molecule has 2 aromatic carbocycles. The van der Waals surface area contributed by atoms with E-state index in [1.54, 1.807) is 0 Å². The van der Waals surface area contributed by atoms with Gasteiger partial charge in [0.05, 0.1) is 79.3 Å². The molecule has 16 aliphatic rings. The fourth-order valence-electron chi connectivity index (χ4n) is 12.8. The summed E-state index contributed by atoms with van der Waals surface area (Å²) in [5, 5.41) is 42.4. The molecule has 0 unspecified atom stereocenters. The highest BCUT2D eigenvalue weighted by Crippen LogP contribution is 2.83. The second-order valence-electron chi connectivity index (χ2n) is 28.3. The molecule has 16 heterocycles. The van der Waals surface area contributed by atoms with E-state index in [9.17, 15) is 0 Å². The lowest BCUT2D eigenvalue weighted by Crippen LogP contribution is -2.23. The van der Waals surface area contributed by atoms with Gasteiger partial charge in [-0.25, -0.2) is 61.0 Å². The zero-order valence-corrected chi connectivity index (χ0v) is 75.2. The van der Waals surface area contributed by atoms with Crippen molar-refractivity contribution in [2.75, 3.05) is 79.3 Å². The van der Waals surface area contributed by atoms with Crippen molar-refractivity contribution < 1.29 is 54.3 Å². The van der Waals surface area contributed by atoms with Crippen LogP contribution in [0.2, 0.25) is 0 Å². The van der Waals surface area contributed by atoms with Crippen LogP contribution in [0.15, 0.2) is 127 Å². The van der Waals surface area contributed by atoms with Gasteiger partial charge >= 0.3 is 0 Å². The van der Waals surface area contributed by atoms with Crippen molar-refractivity contribution in [2.24, 2.45) is 54.2 Å². The third kappa shape index (κ3) is 20.4. The van der Waals surface area contributed by atoms with Gasteiger partial charge in [0.25, 0.3) is 91.0 Å². The largest absolute Gasteiger partial charge is 0.314 e. The quantitative estimate of drug-likeness (QED) is 0.0878. The molecular weight excluding hydrogens is 1620 g/mol. The lowest BCUT2D eigenvalue weighted by molar-refractivity contribution is 0.342. The van der Waals surface area contributed by atoms with E-state index in [1.807, 2.05) is 72.8 Å². The summed E-state index contributed by atoms with van der Waals surface area (Å²) in [6.07, 6.45) is 11.8. The number of hydrogen-bond donors (Lipinski definition) is 12. The molecule has 2 aromatic rings. The lowest BCUT2D eigenvalue weighted by Gasteiger charge is -2.29. The van der Waals surface area contributed by atoms with E-state index < -0.39 is 91.0 Å². The number of benzene rings is 2. The average molecular weight is 1740 g/mol. The third-order valence-corrected chi connectivity index (χ3v) is 57.6. The molecular formula is C60H120N24O12P12. The number of nitrogens with one attached hydrogen (secondary N) is 12. The summed E-state index contributed by atoms with van der Waals surface area (Å²) in [5.41, 5.74) is 0. The third-order valence-electron chi connectivity index (χ3n) is 19.8. The van der Waals surface area contributed by atoms with E-state index in [1.165, 1.54) is 0 Å². The molecule has 0 saturated carbocycles. The van der Waals surface area contributed by atoms with Crippen LogP contribution in [0.5, 0.6) is 0 Å². The van der Waals surface area contributed by atoms with E-state index in [0.29, 0.717) is 79.3 Å². The minimum Gasteiger partial charge on any atom is -0.314 e. The molecule has 612 valence electrons. The molecule has 12 saturated heterocycles. The van der Waals surface area contributed by atoms with Gasteiger partial charge in [0.2, 0.25) is 0 Å². The Hall–Kier alpha value is 0.240. The van der Waals surface area contributed by atoms with Crippen LogP contribution in [-0.2, 0) is 54.3 Å². The fraction of sp³-hybridized carbons (Fsp3) is 0.800. The SMILES string of the molecule is CC[C@@H]1COP2(=NP3(=NP4(=N2)N[C@H](CC)CO4)N[C@H](CC)CO3)N1.CC[C@@H]1COP2(=NP3(=NP4(=N2)N[C@H](CC)CO4)N[C@H](CC)CO3)N1.CC[C@@H]1COP2(=NP3(=NP4(=N2)N[C@H](CC)CO4)N[C@H](CC)CO3)N1.CC[C@@H]1COP2(=NP3(=NP4(=N2)N[C@H](CC)CO4)N[C@H](CC)CO3)N1.c1ccccc1.c1ccccc1. The summed E-state index contributed by atoms with van der Waals surface area (Å²) < 4.78 is 133. The van der Waals surface area contributed by atoms with Crippen molar-refractivity contribution in [3.05, 3.63) is 72.8 Å². The van der Waals surface area contributed by atoms with Crippen molar-refractivity contribution in [1.29, 1.82) is 0 Å². The maximum absolute atomic E-state index is 6.12. The summed E-state index contributed by atoms with van der Waals surface area (Å²) >= 11 is 0. The van der Waals surface area contributed by atoms with Crippen LogP contribution in [0.1, 0.15) is 160 Å². The van der Waals surface area contributed by atoms with Gasteiger partial charge in [-0.1, -0.05) is 156 Å². The van der Waals surface area contributed by atoms with Crippen LogP contribution in [-0.4, -0.2) is 152 Å². The van der Waals surface area contributed by atoms with Crippen molar-refractivity contribution >= 4 is 91.0 Å². The average Bonchev–Trinajstić information content (AvgIpc) is 1.57. The molecule has 12 N–H and O–H groups in total. The smallest absolute Gasteiger partial charge is 0.281 e. The Labute approximate surface area is 641 Å². The Morgan fingerprint density at radius 2 is 0.241 bits per heavy atom. The molecule has 12 fully saturated rings. The van der Waals surface area contributed by atoms with Gasteiger partial charge in [-0.05, 0) is 77.0 Å². The summed E-state index contributed by atoms with van der Waals surface area (Å²) in [7, 11) is -29.8. The van der Waals surface area contributed by atoms with E-state index >= 15 is 0 Å². The number of nitrogens with zero attached hydrogens (tertiary/aromatic N) is 12. The van der Waals surface area contributed by atoms with Crippen LogP contribution in [0, 0.1) is 0 Å². The Morgan fingerprint density at radius 1 is 0.167 bits per heavy atom. The maximum atomic E-state index is 6.12. The number of rotatable bonds is 12. The van der Waals surface area contributed by atoms with Gasteiger partial charge in [-0.3, -0.25) is 0 Å². The molecule has 0 bridgehead atoms. The molecule has 108 heavy (non-hydrogen) atoms. The Morgan fingerprint density at radius 3 is 0.296 bits per heavy atom. The predicted molar refractivity (Wildman–Crippen MR) is 443 cm³/mol. The monoisotopic (exact) mass is 1740 g/mol. The summed E-state index contributed by atoms with van der Waals surface area (Å²) in [6, 6.07) is 27.3. The standard InChI is InChI=1S/4C12H27N6O3P3.2C6H6/c4*1-4-10-7-19-22(13-10)16-23(14-11(5-2)8-20-23)18-24(17-22)15-12(6-3)9-21-24;2*1-2-4-6-5-3-1/h4*10-15H,4-9H2,1-3H3;2*1-6H/t4*10-,11-,12-,22?,23?,24?;;/m1111../s1. The van der Waals surface area contributed by atoms with Crippen molar-refractivity contribution in [2.45, 2.75) is 233 Å². The van der Waals surface area contributed by atoms with Crippen molar-refractivity contribution in [3.8, 4) is 0 Å². The van der Waals surface area contributed by atoms with Crippen LogP contribution in [0.3, 0.4) is 0 Å². The van der Waals surface area contributed by atoms with Gasteiger partial charge < -0.3 is 54.3 Å². The highest BCUT2D eigenvalue weighted by atomic mass is 31.3. The molecule has 36 nitrogen and oxygen atoms in total. The maximum Gasteiger partial charge on any atom is 0.281 e. The molecule has 12 spiro atoms. The second kappa shape index (κ2) is 37.3. The number of hydrogen-bond acceptors (Lipinski definition) is 36. The van der Waals surface area contributed by atoms with E-state index in [0.717, 1.165) is 77.0 Å². The zero-order chi connectivity index (χ0) is 75.8. The van der Waals surface area contributed by atoms with Crippen LogP contribution in [0.4, 0.5) is 0 Å². The first-order valence-electron chi connectivity index (χ1n) is 38.9. The molecule has 0 amide bonds. The summed E-state index contributed by atoms with van der Waals surface area (Å²) in [4.78, 5) is 0. The topological polar surface area (TPSA) is 403 Å². The van der Waals surface area contributed by atoms with Crippen LogP contribution >= 0.6 is 91.0 Å². The van der Waals surface area contributed by atoms with Gasteiger partial charge in [0.15, 0.2) is 0 Å². The van der Waals surface area contributed by atoms with E-state index in [-0.39, 0.29) is 72.5 Å². The predicted octanol–water partition coefficient (Wildman–Crippen LogP) is 19.5. The van der Waals surface area contributed by atoms with Gasteiger partial charge in [-0.15, -0.1) is 0 Å². The van der Waals surface area contributed by atoms with Crippen LogP contribution < -0.4 is 61.0 Å². The first-order valence-corrected chi connectivity index (χ1v) is 58.2. The highest BCUT2D eigenvalue weighted by molar-refractivity contribution is 7.83. The van der Waals surface area contributed by atoms with E-state index in [2.05, 4.69) is 144 Å². The normalized spacial score (nSPS) is 45.7. The van der Waals surface area contributed by atoms with E-state index in [4.69, 9.17) is 108 Å². The van der Waals surface area contributed by atoms with Crippen molar-refractivity contribution in [3.63, 3.8) is 0 Å². The summed E-state index contributed by atoms with van der Waals surface area (Å²) in [5.74, 6) is 0. The molecule has 0 radical (unpaired) electrons. The molecule has 0 aliphatic carbocycles. The molecule has 12 atom stereocenters. The summed E-state index contributed by atoms with van der Waals surface area (Å²) in [6.45, 7) is 33.3. The first-order chi connectivity index (χ1) is 52.2. The molecule has 0 aromatic heterocycles. The van der Waals surface area contributed by atoms with Crippen molar-refractivity contribution in [1.82, 2.24) is 61.0 Å². The molecule has 48 heteroatoms. The van der Waals surface area contributed by atoms with Gasteiger partial charge in [0, 0.05) is 72.5 Å². The lowest BCUT2D eigenvalue weighted by atomic mass is 10.3. The minimum absolute atomic E-state index is 0.276. The van der Waals surface area contributed by atoms with Gasteiger partial charge in [0.1, 0.15) is 0 Å². The second-order valence-corrected chi connectivity index (χ2v) is 56.1. The van der Waals surface area contributed by atoms with Gasteiger partial charge in [-0.2, -0.15) is 54.2 Å². The molecule has 16 aliphatic heterocycles. The zero-order valence-electron chi connectivity index (χ0n) is 64.5. The fourth-order valence-corrected chi connectivity index (χ4v) is 58.4. The van der Waals surface area contributed by atoms with Crippen LogP contribution in [0.25, 0.3) is 0 Å². The highest BCUT2D eigenvalue weighted by Gasteiger charge is 2.54. The first kappa shape index (κ1) is 86.1. The molecule has 18 rings (SSSR count).